The summed E-state index contributed by atoms with van der Waals surface area (Å²) in [6.07, 6.45) is 1.40. The summed E-state index contributed by atoms with van der Waals surface area (Å²) < 4.78 is 34.8. The van der Waals surface area contributed by atoms with Crippen LogP contribution in [0.4, 0.5) is 9.18 Å². The summed E-state index contributed by atoms with van der Waals surface area (Å²) in [5, 5.41) is 2.81. The summed E-state index contributed by atoms with van der Waals surface area (Å²) in [6, 6.07) is 11.1. The molecule has 1 aromatic heterocycles. The lowest BCUT2D eigenvalue weighted by atomic mass is 10.1. The molecule has 0 bridgehead atoms. The van der Waals surface area contributed by atoms with E-state index in [2.05, 4.69) is 10.1 Å². The first kappa shape index (κ1) is 24.8. The number of benzene rings is 2. The first-order valence-electron chi connectivity index (χ1n) is 10.6. The Morgan fingerprint density at radius 3 is 2.69 bits per heavy atom. The minimum absolute atomic E-state index is 0.0133. The van der Waals surface area contributed by atoms with E-state index in [1.807, 2.05) is 0 Å². The van der Waals surface area contributed by atoms with Crippen molar-refractivity contribution in [2.24, 2.45) is 0 Å². The molecule has 1 aliphatic rings. The molecule has 0 radical (unpaired) electrons. The van der Waals surface area contributed by atoms with Crippen LogP contribution in [0.1, 0.15) is 27.4 Å². The van der Waals surface area contributed by atoms with Crippen molar-refractivity contribution in [2.45, 2.75) is 13.2 Å². The second-order valence-corrected chi connectivity index (χ2v) is 8.02. The number of hydrogen-bond acceptors (Lipinski definition) is 7. The normalized spacial score (nSPS) is 14.2. The van der Waals surface area contributed by atoms with E-state index in [1.165, 1.54) is 56.7 Å². The maximum Gasteiger partial charge on any atom is 0.373 e. The van der Waals surface area contributed by atoms with E-state index in [1.54, 1.807) is 12.1 Å². The maximum absolute atomic E-state index is 13.6. The van der Waals surface area contributed by atoms with Crippen LogP contribution in [0.2, 0.25) is 5.02 Å². The van der Waals surface area contributed by atoms with E-state index in [4.69, 9.17) is 25.5 Å². The Balaban J connectivity index is 1.59. The van der Waals surface area contributed by atoms with Crippen molar-refractivity contribution in [1.29, 1.82) is 0 Å². The van der Waals surface area contributed by atoms with Gasteiger partial charge >= 0.3 is 12.0 Å². The van der Waals surface area contributed by atoms with Gasteiger partial charge in [0.15, 0.2) is 11.5 Å². The monoisotopic (exact) mass is 514 g/mol. The molecule has 36 heavy (non-hydrogen) atoms. The van der Waals surface area contributed by atoms with Gasteiger partial charge in [0, 0.05) is 16.7 Å². The molecular weight excluding hydrogens is 495 g/mol. The van der Waals surface area contributed by atoms with E-state index < -0.39 is 23.7 Å². The van der Waals surface area contributed by atoms with Gasteiger partial charge in [-0.05, 0) is 42.0 Å². The molecule has 0 atom stereocenters. The lowest BCUT2D eigenvalue weighted by Crippen LogP contribution is -2.30. The van der Waals surface area contributed by atoms with Crippen molar-refractivity contribution in [3.8, 4) is 11.5 Å². The number of esters is 1. The number of nitrogens with one attached hydrogen (secondary N) is 1. The number of rotatable bonds is 8. The SMILES string of the molecule is COC(=O)c1ccc(CN2C(=O)N/C(=C\c3cc(Cl)cc(OC)c3OCc3cccc(F)c3)C2=O)o1. The van der Waals surface area contributed by atoms with Crippen LogP contribution in [0.3, 0.4) is 0 Å². The number of carbonyl (C=O) groups excluding carboxylic acids is 3. The van der Waals surface area contributed by atoms with Gasteiger partial charge in [-0.15, -0.1) is 0 Å². The number of ether oxygens (including phenoxy) is 3. The number of carbonyl (C=O) groups is 3. The summed E-state index contributed by atoms with van der Waals surface area (Å²) in [5.74, 6) is -1.04. The van der Waals surface area contributed by atoms with Crippen LogP contribution in [0.25, 0.3) is 6.08 Å². The average molecular weight is 515 g/mol. The van der Waals surface area contributed by atoms with E-state index >= 15 is 0 Å². The molecule has 11 heteroatoms. The maximum atomic E-state index is 13.6. The summed E-state index contributed by atoms with van der Waals surface area (Å²) >= 11 is 6.22. The lowest BCUT2D eigenvalue weighted by Gasteiger charge is -2.15. The minimum Gasteiger partial charge on any atom is -0.493 e. The van der Waals surface area contributed by atoms with Gasteiger partial charge in [0.1, 0.15) is 23.9 Å². The summed E-state index contributed by atoms with van der Waals surface area (Å²) in [6.45, 7) is -0.194. The molecular formula is C25H20ClFN2O7. The van der Waals surface area contributed by atoms with Gasteiger partial charge in [-0.2, -0.15) is 0 Å². The van der Waals surface area contributed by atoms with Crippen LogP contribution in [0, 0.1) is 5.82 Å². The van der Waals surface area contributed by atoms with Crippen molar-refractivity contribution in [3.05, 3.63) is 87.7 Å². The van der Waals surface area contributed by atoms with Crippen molar-refractivity contribution >= 4 is 35.6 Å². The number of furan rings is 1. The Morgan fingerprint density at radius 1 is 1.17 bits per heavy atom. The summed E-state index contributed by atoms with van der Waals surface area (Å²) in [4.78, 5) is 38.0. The highest BCUT2D eigenvalue weighted by Crippen LogP contribution is 2.37. The fourth-order valence-electron chi connectivity index (χ4n) is 3.48. The Hall–Kier alpha value is -4.31. The van der Waals surface area contributed by atoms with Crippen LogP contribution in [0.15, 0.2) is 58.6 Å². The van der Waals surface area contributed by atoms with Crippen molar-refractivity contribution < 1.29 is 37.4 Å². The minimum atomic E-state index is -0.682. The number of urea groups is 1. The standard InChI is InChI=1S/C25H20ClFN2O7/c1-33-21-11-16(26)9-15(22(21)35-13-14-4-3-5-17(27)8-14)10-19-23(30)29(25(32)28-19)12-18-6-7-20(36-18)24(31)34-2/h3-11H,12-13H2,1-2H3,(H,28,32)/b19-10-. The highest BCUT2D eigenvalue weighted by Gasteiger charge is 2.34. The molecule has 0 spiro atoms. The molecule has 9 nitrogen and oxygen atoms in total. The molecule has 186 valence electrons. The second-order valence-electron chi connectivity index (χ2n) is 7.58. The molecule has 0 unspecified atom stereocenters. The van der Waals surface area contributed by atoms with E-state index in [0.717, 1.165) is 4.90 Å². The Labute approximate surface area is 210 Å². The molecule has 2 heterocycles. The number of nitrogens with zero attached hydrogens (tertiary/aromatic N) is 1. The van der Waals surface area contributed by atoms with Gasteiger partial charge in [-0.3, -0.25) is 9.69 Å². The Morgan fingerprint density at radius 2 is 1.97 bits per heavy atom. The van der Waals surface area contributed by atoms with Gasteiger partial charge in [-0.1, -0.05) is 23.7 Å². The second kappa shape index (κ2) is 10.5. The summed E-state index contributed by atoms with van der Waals surface area (Å²) in [7, 11) is 2.63. The zero-order valence-corrected chi connectivity index (χ0v) is 19.9. The van der Waals surface area contributed by atoms with Gasteiger partial charge in [0.05, 0.1) is 20.8 Å². The van der Waals surface area contributed by atoms with Crippen molar-refractivity contribution in [2.75, 3.05) is 14.2 Å². The largest absolute Gasteiger partial charge is 0.493 e. The molecule has 3 amide bonds. The first-order chi connectivity index (χ1) is 17.3. The molecule has 1 saturated heterocycles. The van der Waals surface area contributed by atoms with Gasteiger partial charge < -0.3 is 23.9 Å². The molecule has 2 aromatic carbocycles. The number of amides is 3. The molecule has 1 fully saturated rings. The number of methoxy groups -OCH3 is 2. The molecule has 1 aliphatic heterocycles. The van der Waals surface area contributed by atoms with Crippen LogP contribution >= 0.6 is 11.6 Å². The highest BCUT2D eigenvalue weighted by atomic mass is 35.5. The van der Waals surface area contributed by atoms with E-state index in [-0.39, 0.29) is 41.9 Å². The predicted octanol–water partition coefficient (Wildman–Crippen LogP) is 4.54. The average Bonchev–Trinajstić information content (AvgIpc) is 3.43. The van der Waals surface area contributed by atoms with Crippen LogP contribution in [-0.2, 0) is 22.7 Å². The van der Waals surface area contributed by atoms with E-state index in [0.29, 0.717) is 16.1 Å². The first-order valence-corrected chi connectivity index (χ1v) is 10.9. The fraction of sp³-hybridized carbons (Fsp3) is 0.160. The van der Waals surface area contributed by atoms with Crippen molar-refractivity contribution in [1.82, 2.24) is 10.2 Å². The zero-order chi connectivity index (χ0) is 25.8. The topological polar surface area (TPSA) is 107 Å². The van der Waals surface area contributed by atoms with Gasteiger partial charge in [0.25, 0.3) is 5.91 Å². The van der Waals surface area contributed by atoms with Crippen LogP contribution in [-0.4, -0.2) is 37.0 Å². The highest BCUT2D eigenvalue weighted by molar-refractivity contribution is 6.31. The zero-order valence-electron chi connectivity index (χ0n) is 19.2. The van der Waals surface area contributed by atoms with E-state index in [9.17, 15) is 18.8 Å². The third kappa shape index (κ3) is 5.33. The smallest absolute Gasteiger partial charge is 0.373 e. The third-order valence-electron chi connectivity index (χ3n) is 5.16. The molecule has 0 saturated carbocycles. The predicted molar refractivity (Wildman–Crippen MR) is 126 cm³/mol. The van der Waals surface area contributed by atoms with Crippen LogP contribution in [0.5, 0.6) is 11.5 Å². The number of imide groups is 1. The Kier molecular flexibility index (Phi) is 7.25. The fourth-order valence-corrected chi connectivity index (χ4v) is 3.70. The van der Waals surface area contributed by atoms with Gasteiger partial charge in [0.2, 0.25) is 5.76 Å². The summed E-state index contributed by atoms with van der Waals surface area (Å²) in [5.41, 5.74) is 0.888. The molecule has 1 N–H and O–H groups in total. The lowest BCUT2D eigenvalue weighted by molar-refractivity contribution is -0.123. The number of halogens is 2. The molecule has 4 rings (SSSR count). The number of hydrogen-bond donors (Lipinski definition) is 1. The van der Waals surface area contributed by atoms with Gasteiger partial charge in [-0.25, -0.2) is 14.0 Å². The van der Waals surface area contributed by atoms with Crippen molar-refractivity contribution in [3.63, 3.8) is 0 Å². The van der Waals surface area contributed by atoms with Crippen LogP contribution < -0.4 is 14.8 Å². The third-order valence-corrected chi connectivity index (χ3v) is 5.38. The quantitative estimate of drug-likeness (QED) is 0.267. The molecule has 0 aliphatic carbocycles. The molecule has 3 aromatic rings. The Bertz CT molecular complexity index is 1370.